The highest BCUT2D eigenvalue weighted by molar-refractivity contribution is 5.86. The molecule has 2 aromatic rings. The van der Waals surface area contributed by atoms with Crippen LogP contribution < -0.4 is 15.8 Å². The van der Waals surface area contributed by atoms with Crippen LogP contribution in [0.25, 0.3) is 0 Å². The summed E-state index contributed by atoms with van der Waals surface area (Å²) < 4.78 is 5.77. The van der Waals surface area contributed by atoms with Gasteiger partial charge in [0.2, 0.25) is 5.91 Å². The Morgan fingerprint density at radius 3 is 2.29 bits per heavy atom. The summed E-state index contributed by atoms with van der Waals surface area (Å²) >= 11 is 0. The van der Waals surface area contributed by atoms with Crippen molar-refractivity contribution in [1.29, 1.82) is 0 Å². The van der Waals surface area contributed by atoms with Gasteiger partial charge >= 0.3 is 0 Å². The van der Waals surface area contributed by atoms with Gasteiger partial charge < -0.3 is 10.5 Å². The first-order valence-corrected chi connectivity index (χ1v) is 6.82. The van der Waals surface area contributed by atoms with E-state index in [4.69, 9.17) is 10.5 Å². The Kier molecular flexibility index (Phi) is 4.60. The molecule has 3 N–H and O–H groups in total. The third-order valence-corrected chi connectivity index (χ3v) is 3.59. The standard InChI is InChI=1S/C17H20N2O2/c1-13-8-10-15(11-9-13)21-12-17(19-2,16(18)20)14-6-4-3-5-7-14/h3-11,19H,12H2,1-2H3,(H2,18,20). The molecule has 4 heteroatoms. The summed E-state index contributed by atoms with van der Waals surface area (Å²) in [4.78, 5) is 12.0. The Balaban J connectivity index is 2.25. The molecule has 0 saturated carbocycles. The summed E-state index contributed by atoms with van der Waals surface area (Å²) in [6.45, 7) is 2.14. The maximum atomic E-state index is 12.0. The Hall–Kier alpha value is -2.33. The summed E-state index contributed by atoms with van der Waals surface area (Å²) in [5.41, 5.74) is 6.51. The lowest BCUT2D eigenvalue weighted by Crippen LogP contribution is -2.55. The zero-order valence-corrected chi connectivity index (χ0v) is 12.3. The van der Waals surface area contributed by atoms with Crippen LogP contribution in [0.4, 0.5) is 0 Å². The zero-order chi connectivity index (χ0) is 15.3. The van der Waals surface area contributed by atoms with Crippen molar-refractivity contribution < 1.29 is 9.53 Å². The number of amides is 1. The number of aryl methyl sites for hydroxylation is 1. The van der Waals surface area contributed by atoms with Gasteiger partial charge in [0.15, 0.2) is 5.54 Å². The van der Waals surface area contributed by atoms with E-state index < -0.39 is 11.4 Å². The Bertz CT molecular complexity index is 596. The minimum absolute atomic E-state index is 0.131. The zero-order valence-electron chi connectivity index (χ0n) is 12.3. The van der Waals surface area contributed by atoms with Gasteiger partial charge in [-0.05, 0) is 31.7 Å². The second kappa shape index (κ2) is 6.41. The van der Waals surface area contributed by atoms with E-state index in [1.165, 1.54) is 0 Å². The molecule has 0 aromatic heterocycles. The van der Waals surface area contributed by atoms with Crippen LogP contribution in [-0.4, -0.2) is 19.6 Å². The smallest absolute Gasteiger partial charge is 0.245 e. The molecule has 1 unspecified atom stereocenters. The maximum Gasteiger partial charge on any atom is 0.245 e. The van der Waals surface area contributed by atoms with Gasteiger partial charge in [-0.3, -0.25) is 10.1 Å². The van der Waals surface area contributed by atoms with Gasteiger partial charge in [0, 0.05) is 0 Å². The second-order valence-corrected chi connectivity index (χ2v) is 4.99. The van der Waals surface area contributed by atoms with Gasteiger partial charge in [-0.25, -0.2) is 0 Å². The molecule has 4 nitrogen and oxygen atoms in total. The van der Waals surface area contributed by atoms with Crippen molar-refractivity contribution in [3.8, 4) is 5.75 Å². The van der Waals surface area contributed by atoms with Crippen LogP contribution in [0.2, 0.25) is 0 Å². The van der Waals surface area contributed by atoms with E-state index in [9.17, 15) is 4.79 Å². The summed E-state index contributed by atoms with van der Waals surface area (Å²) in [5.74, 6) is 0.237. The largest absolute Gasteiger partial charge is 0.491 e. The Morgan fingerprint density at radius 2 is 1.76 bits per heavy atom. The first-order chi connectivity index (χ1) is 10.1. The van der Waals surface area contributed by atoms with Crippen LogP contribution >= 0.6 is 0 Å². The molecule has 0 saturated heterocycles. The predicted octanol–water partition coefficient (Wildman–Crippen LogP) is 1.97. The highest BCUT2D eigenvalue weighted by Gasteiger charge is 2.38. The van der Waals surface area contributed by atoms with Crippen molar-refractivity contribution in [3.05, 3.63) is 65.7 Å². The fraction of sp³-hybridized carbons (Fsp3) is 0.235. The van der Waals surface area contributed by atoms with Crippen molar-refractivity contribution >= 4 is 5.91 Å². The monoisotopic (exact) mass is 284 g/mol. The second-order valence-electron chi connectivity index (χ2n) is 4.99. The summed E-state index contributed by atoms with van der Waals surface area (Å²) in [6, 6.07) is 17.0. The lowest BCUT2D eigenvalue weighted by atomic mass is 9.90. The molecule has 110 valence electrons. The fourth-order valence-corrected chi connectivity index (χ4v) is 2.19. The molecular formula is C17H20N2O2. The number of nitrogens with one attached hydrogen (secondary N) is 1. The predicted molar refractivity (Wildman–Crippen MR) is 83.0 cm³/mol. The quantitative estimate of drug-likeness (QED) is 0.852. The molecule has 2 aromatic carbocycles. The topological polar surface area (TPSA) is 64.3 Å². The molecule has 0 radical (unpaired) electrons. The summed E-state index contributed by atoms with van der Waals surface area (Å²) in [5, 5.41) is 3.01. The van der Waals surface area contributed by atoms with Crippen molar-refractivity contribution in [3.63, 3.8) is 0 Å². The van der Waals surface area contributed by atoms with Crippen LogP contribution in [0.15, 0.2) is 54.6 Å². The van der Waals surface area contributed by atoms with E-state index in [0.717, 1.165) is 11.1 Å². The number of primary amides is 1. The van der Waals surface area contributed by atoms with Crippen molar-refractivity contribution in [2.45, 2.75) is 12.5 Å². The van der Waals surface area contributed by atoms with Crippen molar-refractivity contribution in [2.24, 2.45) is 5.73 Å². The molecule has 1 amide bonds. The van der Waals surface area contributed by atoms with Gasteiger partial charge in [-0.15, -0.1) is 0 Å². The first kappa shape index (κ1) is 15.1. The number of ether oxygens (including phenoxy) is 1. The van der Waals surface area contributed by atoms with Crippen LogP contribution in [0.5, 0.6) is 5.75 Å². The van der Waals surface area contributed by atoms with Gasteiger partial charge in [0.05, 0.1) is 0 Å². The number of benzene rings is 2. The highest BCUT2D eigenvalue weighted by atomic mass is 16.5. The summed E-state index contributed by atoms with van der Waals surface area (Å²) in [7, 11) is 1.70. The normalized spacial score (nSPS) is 13.4. The molecule has 0 fully saturated rings. The van der Waals surface area contributed by atoms with Gasteiger partial charge in [0.25, 0.3) is 0 Å². The van der Waals surface area contributed by atoms with Crippen LogP contribution in [-0.2, 0) is 10.3 Å². The SMILES string of the molecule is CNC(COc1ccc(C)cc1)(C(N)=O)c1ccccc1. The molecule has 0 aliphatic heterocycles. The van der Waals surface area contributed by atoms with E-state index in [0.29, 0.717) is 5.75 Å². The number of carbonyl (C=O) groups excluding carboxylic acids is 1. The first-order valence-electron chi connectivity index (χ1n) is 6.82. The van der Waals surface area contributed by atoms with Crippen molar-refractivity contribution in [2.75, 3.05) is 13.7 Å². The third-order valence-electron chi connectivity index (χ3n) is 3.59. The number of rotatable bonds is 6. The average Bonchev–Trinajstić information content (AvgIpc) is 2.51. The number of hydrogen-bond acceptors (Lipinski definition) is 3. The van der Waals surface area contributed by atoms with Crippen LogP contribution in [0.3, 0.4) is 0 Å². The molecular weight excluding hydrogens is 264 g/mol. The minimum Gasteiger partial charge on any atom is -0.491 e. The van der Waals surface area contributed by atoms with Crippen LogP contribution in [0.1, 0.15) is 11.1 Å². The number of hydrogen-bond donors (Lipinski definition) is 2. The Labute approximate surface area is 124 Å². The molecule has 0 aliphatic carbocycles. The molecule has 1 atom stereocenters. The van der Waals surface area contributed by atoms with Crippen LogP contribution in [0, 0.1) is 6.92 Å². The number of nitrogens with two attached hydrogens (primary N) is 1. The van der Waals surface area contributed by atoms with E-state index in [-0.39, 0.29) is 6.61 Å². The van der Waals surface area contributed by atoms with Gasteiger partial charge in [-0.1, -0.05) is 48.0 Å². The molecule has 21 heavy (non-hydrogen) atoms. The minimum atomic E-state index is -1.05. The van der Waals surface area contributed by atoms with E-state index in [2.05, 4.69) is 5.32 Å². The lowest BCUT2D eigenvalue weighted by molar-refractivity contribution is -0.125. The Morgan fingerprint density at radius 1 is 1.14 bits per heavy atom. The maximum absolute atomic E-state index is 12.0. The van der Waals surface area contributed by atoms with E-state index >= 15 is 0 Å². The third kappa shape index (κ3) is 3.23. The molecule has 0 heterocycles. The summed E-state index contributed by atoms with van der Waals surface area (Å²) in [6.07, 6.45) is 0. The molecule has 0 bridgehead atoms. The molecule has 2 rings (SSSR count). The van der Waals surface area contributed by atoms with Gasteiger partial charge in [0.1, 0.15) is 12.4 Å². The number of likely N-dealkylation sites (N-methyl/N-ethyl adjacent to an activating group) is 1. The molecule has 0 spiro atoms. The van der Waals surface area contributed by atoms with Gasteiger partial charge in [-0.2, -0.15) is 0 Å². The number of carbonyl (C=O) groups is 1. The lowest BCUT2D eigenvalue weighted by Gasteiger charge is -2.30. The van der Waals surface area contributed by atoms with E-state index in [1.54, 1.807) is 7.05 Å². The molecule has 0 aliphatic rings. The van der Waals surface area contributed by atoms with E-state index in [1.807, 2.05) is 61.5 Å². The highest BCUT2D eigenvalue weighted by Crippen LogP contribution is 2.23. The fourth-order valence-electron chi connectivity index (χ4n) is 2.19. The van der Waals surface area contributed by atoms with Crippen molar-refractivity contribution in [1.82, 2.24) is 5.32 Å². The average molecular weight is 284 g/mol.